The second-order valence-corrected chi connectivity index (χ2v) is 36.6. The predicted octanol–water partition coefficient (Wildman–Crippen LogP) is 28.0. The standard InChI is InChI=1S/C91H178O17P2/c1-8-11-12-13-14-15-16-27-37-44-51-58-65-72-88(93)101-78-86(108-91(96)75-68-61-54-47-40-33-25-23-28-34-41-48-55-62-69-82(4)5)80-105-109(97,98)103-76-85(92)77-104-110(99,100)106-81-87(79-102-89(94)73-66-59-52-45-38-31-26-24-30-36-43-50-57-64-71-84(7)10-3)107-90(95)74-67-60-53-46-39-32-22-20-18-17-19-21-29-35-42-49-56-63-70-83(6)9-2/h82-87,92H,8-81H2,1-7H3,(H,97,98)(H,99,100)/t83?,84?,85-,86+,87+/m0/s1. The van der Waals surface area contributed by atoms with Crippen LogP contribution in [-0.4, -0.2) is 96.7 Å². The predicted molar refractivity (Wildman–Crippen MR) is 455 cm³/mol. The molecule has 7 atom stereocenters. The van der Waals surface area contributed by atoms with E-state index in [0.29, 0.717) is 25.7 Å². The van der Waals surface area contributed by atoms with Gasteiger partial charge in [0, 0.05) is 25.7 Å². The van der Waals surface area contributed by atoms with Crippen molar-refractivity contribution in [2.24, 2.45) is 17.8 Å². The lowest BCUT2D eigenvalue weighted by Gasteiger charge is -2.21. The maximum atomic E-state index is 13.2. The van der Waals surface area contributed by atoms with Crippen LogP contribution < -0.4 is 0 Å². The van der Waals surface area contributed by atoms with E-state index in [1.807, 2.05) is 0 Å². The van der Waals surface area contributed by atoms with Crippen molar-refractivity contribution in [2.75, 3.05) is 39.6 Å². The molecule has 0 amide bonds. The first-order valence-corrected chi connectivity index (χ1v) is 49.9. The SMILES string of the molecule is CCCCCCCCCCCCCCCC(=O)OC[C@H](COP(=O)(O)OC[C@H](O)COP(=O)(O)OC[C@@H](COC(=O)CCCCCCCCCCCCCCCCC(C)CC)OC(=O)CCCCCCCCCCCCCCCCCCCCC(C)CC)OC(=O)CCCCCCCCCCCCCCCCC(C)C. The van der Waals surface area contributed by atoms with Gasteiger partial charge < -0.3 is 33.8 Å². The Hall–Kier alpha value is -1.94. The molecule has 654 valence electrons. The summed E-state index contributed by atoms with van der Waals surface area (Å²) in [5.41, 5.74) is 0. The molecular formula is C91H178O17P2. The quantitative estimate of drug-likeness (QED) is 0.0222. The van der Waals surface area contributed by atoms with Crippen molar-refractivity contribution in [2.45, 2.75) is 503 Å². The Bertz CT molecular complexity index is 2120. The summed E-state index contributed by atoms with van der Waals surface area (Å²) in [5, 5.41) is 10.7. The molecule has 0 radical (unpaired) electrons. The maximum Gasteiger partial charge on any atom is 0.472 e. The Balaban J connectivity index is 5.26. The average Bonchev–Trinajstić information content (AvgIpc) is 0.896. The second kappa shape index (κ2) is 80.8. The Morgan fingerprint density at radius 1 is 0.264 bits per heavy atom. The number of carbonyl (C=O) groups excluding carboxylic acids is 4. The zero-order valence-electron chi connectivity index (χ0n) is 72.7. The molecule has 0 bridgehead atoms. The lowest BCUT2D eigenvalue weighted by molar-refractivity contribution is -0.161. The monoisotopic (exact) mass is 1610 g/mol. The lowest BCUT2D eigenvalue weighted by atomic mass is 9.99. The van der Waals surface area contributed by atoms with E-state index in [1.165, 1.54) is 295 Å². The van der Waals surface area contributed by atoms with Gasteiger partial charge in [-0.2, -0.15) is 0 Å². The van der Waals surface area contributed by atoms with Gasteiger partial charge in [-0.1, -0.05) is 434 Å². The number of hydrogen-bond acceptors (Lipinski definition) is 15. The number of carbonyl (C=O) groups is 4. The molecule has 0 spiro atoms. The second-order valence-electron chi connectivity index (χ2n) is 33.7. The fourth-order valence-electron chi connectivity index (χ4n) is 14.2. The summed E-state index contributed by atoms with van der Waals surface area (Å²) in [7, 11) is -9.94. The molecule has 17 nitrogen and oxygen atoms in total. The number of ether oxygens (including phenoxy) is 4. The highest BCUT2D eigenvalue weighted by molar-refractivity contribution is 7.47. The highest BCUT2D eigenvalue weighted by Crippen LogP contribution is 2.45. The molecule has 0 aliphatic rings. The van der Waals surface area contributed by atoms with Crippen molar-refractivity contribution in [1.29, 1.82) is 0 Å². The van der Waals surface area contributed by atoms with Gasteiger partial charge in [0.2, 0.25) is 0 Å². The highest BCUT2D eigenvalue weighted by Gasteiger charge is 2.31. The van der Waals surface area contributed by atoms with Crippen LogP contribution in [-0.2, 0) is 65.4 Å². The first kappa shape index (κ1) is 108. The third-order valence-corrected chi connectivity index (χ3v) is 24.0. The zero-order chi connectivity index (χ0) is 80.8. The topological polar surface area (TPSA) is 237 Å². The summed E-state index contributed by atoms with van der Waals surface area (Å²) in [6.07, 6.45) is 73.4. The van der Waals surface area contributed by atoms with E-state index in [4.69, 9.17) is 37.0 Å². The van der Waals surface area contributed by atoms with Crippen molar-refractivity contribution < 1.29 is 80.2 Å². The van der Waals surface area contributed by atoms with Gasteiger partial charge in [-0.3, -0.25) is 37.3 Å². The molecule has 0 rings (SSSR count). The Morgan fingerprint density at radius 2 is 0.464 bits per heavy atom. The van der Waals surface area contributed by atoms with Gasteiger partial charge in [0.15, 0.2) is 12.2 Å². The van der Waals surface area contributed by atoms with Crippen molar-refractivity contribution in [3.63, 3.8) is 0 Å². The molecule has 0 saturated heterocycles. The van der Waals surface area contributed by atoms with Gasteiger partial charge in [-0.25, -0.2) is 9.13 Å². The molecule has 110 heavy (non-hydrogen) atoms. The number of phosphoric ester groups is 2. The van der Waals surface area contributed by atoms with Crippen molar-refractivity contribution in [3.8, 4) is 0 Å². The summed E-state index contributed by atoms with van der Waals surface area (Å²) >= 11 is 0. The molecule has 4 unspecified atom stereocenters. The van der Waals surface area contributed by atoms with Crippen LogP contribution in [0.5, 0.6) is 0 Å². The van der Waals surface area contributed by atoms with Crippen LogP contribution >= 0.6 is 15.6 Å². The molecule has 0 aromatic carbocycles. The summed E-state index contributed by atoms with van der Waals surface area (Å²) in [6.45, 7) is 12.2. The molecule has 0 aromatic heterocycles. The Morgan fingerprint density at radius 3 is 0.691 bits per heavy atom. The van der Waals surface area contributed by atoms with Gasteiger partial charge in [-0.05, 0) is 43.4 Å². The number of unbranched alkanes of at least 4 members (excludes halogenated alkanes) is 55. The number of rotatable bonds is 89. The number of aliphatic hydroxyl groups is 1. The molecule has 0 aliphatic carbocycles. The summed E-state index contributed by atoms with van der Waals surface area (Å²) in [4.78, 5) is 73.4. The van der Waals surface area contributed by atoms with Gasteiger partial charge in [-0.15, -0.1) is 0 Å². The van der Waals surface area contributed by atoms with E-state index >= 15 is 0 Å². The number of hydrogen-bond donors (Lipinski definition) is 3. The Kier molecular flexibility index (Phi) is 79.4. The number of phosphoric acid groups is 2. The lowest BCUT2D eigenvalue weighted by Crippen LogP contribution is -2.30. The molecule has 0 saturated carbocycles. The summed E-state index contributed by atoms with van der Waals surface area (Å²) in [5.74, 6) is 0.420. The molecule has 0 aromatic rings. The van der Waals surface area contributed by atoms with E-state index in [1.54, 1.807) is 0 Å². The third-order valence-electron chi connectivity index (χ3n) is 22.1. The van der Waals surface area contributed by atoms with Gasteiger partial charge in [0.25, 0.3) is 0 Å². The van der Waals surface area contributed by atoms with Crippen LogP contribution in [0.15, 0.2) is 0 Å². The molecule has 0 aliphatic heterocycles. The average molecular weight is 1610 g/mol. The van der Waals surface area contributed by atoms with Crippen LogP contribution in [0.3, 0.4) is 0 Å². The molecule has 19 heteroatoms. The van der Waals surface area contributed by atoms with Crippen LogP contribution in [0.25, 0.3) is 0 Å². The van der Waals surface area contributed by atoms with Crippen molar-refractivity contribution in [3.05, 3.63) is 0 Å². The molecule has 0 heterocycles. The normalized spacial score (nSPS) is 14.3. The van der Waals surface area contributed by atoms with Crippen LogP contribution in [0, 0.1) is 17.8 Å². The smallest absolute Gasteiger partial charge is 0.462 e. The van der Waals surface area contributed by atoms with Crippen LogP contribution in [0.4, 0.5) is 0 Å². The molecule has 3 N–H and O–H groups in total. The summed E-state index contributed by atoms with van der Waals surface area (Å²) < 4.78 is 69.1. The number of aliphatic hydroxyl groups excluding tert-OH is 1. The first-order valence-electron chi connectivity index (χ1n) is 46.9. The minimum Gasteiger partial charge on any atom is -0.462 e. The van der Waals surface area contributed by atoms with Gasteiger partial charge in [0.05, 0.1) is 26.4 Å². The minimum atomic E-state index is -4.97. The first-order chi connectivity index (χ1) is 53.3. The van der Waals surface area contributed by atoms with Crippen LogP contribution in [0.1, 0.15) is 485 Å². The third kappa shape index (κ3) is 81.2. The van der Waals surface area contributed by atoms with E-state index in [9.17, 15) is 43.2 Å². The van der Waals surface area contributed by atoms with Crippen molar-refractivity contribution >= 4 is 39.5 Å². The highest BCUT2D eigenvalue weighted by atomic mass is 31.2. The number of esters is 4. The fourth-order valence-corrected chi connectivity index (χ4v) is 15.8. The molecule has 0 fully saturated rings. The summed E-state index contributed by atoms with van der Waals surface area (Å²) in [6, 6.07) is 0. The van der Waals surface area contributed by atoms with Gasteiger partial charge in [0.1, 0.15) is 19.3 Å². The molecular weight excluding hydrogens is 1430 g/mol. The fraction of sp³-hybridized carbons (Fsp3) is 0.956. The zero-order valence-corrected chi connectivity index (χ0v) is 74.5. The Labute approximate surface area is 677 Å². The minimum absolute atomic E-state index is 0.108. The largest absolute Gasteiger partial charge is 0.472 e. The van der Waals surface area contributed by atoms with E-state index in [2.05, 4.69) is 48.5 Å². The maximum absolute atomic E-state index is 13.2. The van der Waals surface area contributed by atoms with Crippen molar-refractivity contribution in [1.82, 2.24) is 0 Å². The van der Waals surface area contributed by atoms with E-state index in [0.717, 1.165) is 108 Å². The van der Waals surface area contributed by atoms with E-state index in [-0.39, 0.29) is 25.7 Å². The van der Waals surface area contributed by atoms with Crippen LogP contribution in [0.2, 0.25) is 0 Å². The van der Waals surface area contributed by atoms with E-state index < -0.39 is 97.5 Å². The van der Waals surface area contributed by atoms with Gasteiger partial charge >= 0.3 is 39.5 Å².